The summed E-state index contributed by atoms with van der Waals surface area (Å²) in [5, 5.41) is 8.53. The molecule has 0 aliphatic heterocycles. The summed E-state index contributed by atoms with van der Waals surface area (Å²) in [5.41, 5.74) is 0.153. The first-order chi connectivity index (χ1) is 7.16. The molecule has 0 spiro atoms. The minimum atomic E-state index is -1.45. The molecule has 1 aliphatic carbocycles. The Morgan fingerprint density at radius 2 is 2.07 bits per heavy atom. The number of aliphatic carboxylic acids is 1. The predicted octanol–water partition coefficient (Wildman–Crippen LogP) is 1.50. The van der Waals surface area contributed by atoms with Crippen LogP contribution in [0.15, 0.2) is 24.3 Å². The summed E-state index contributed by atoms with van der Waals surface area (Å²) < 4.78 is 5.45. The first-order valence-corrected chi connectivity index (χ1v) is 4.71. The van der Waals surface area contributed by atoms with E-state index in [1.165, 1.54) is 12.1 Å². The molecule has 0 amide bonds. The normalized spacial score (nSPS) is 14.7. The molecule has 4 heteroatoms. The van der Waals surface area contributed by atoms with Gasteiger partial charge in [0.1, 0.15) is 5.75 Å². The van der Waals surface area contributed by atoms with E-state index in [0.29, 0.717) is 5.75 Å². The summed E-state index contributed by atoms with van der Waals surface area (Å²) in [7, 11) is 0. The first kappa shape index (κ1) is 9.71. The number of Topliss-reactive ketones (excluding diaryl/α,β-unsaturated/α-hetero) is 1. The van der Waals surface area contributed by atoms with Gasteiger partial charge in [-0.3, -0.25) is 4.79 Å². The van der Waals surface area contributed by atoms with Crippen LogP contribution in [0, 0.1) is 0 Å². The molecule has 1 saturated carbocycles. The van der Waals surface area contributed by atoms with Crippen molar-refractivity contribution in [3.8, 4) is 5.75 Å². The van der Waals surface area contributed by atoms with Crippen molar-refractivity contribution in [1.82, 2.24) is 0 Å². The van der Waals surface area contributed by atoms with E-state index in [4.69, 9.17) is 9.84 Å². The number of ether oxygens (including phenoxy) is 1. The number of carbonyl (C=O) groups is 2. The standard InChI is InChI=1S/C11H10O4/c12-10(11(13)14)7-2-1-3-9(6-7)15-8-4-5-8/h1-3,6,8H,4-5H2,(H,13,14). The lowest BCUT2D eigenvalue weighted by molar-refractivity contribution is -0.131. The minimum Gasteiger partial charge on any atom is -0.490 e. The van der Waals surface area contributed by atoms with Gasteiger partial charge in [-0.2, -0.15) is 0 Å². The minimum absolute atomic E-state index is 0.153. The van der Waals surface area contributed by atoms with Gasteiger partial charge in [-0.25, -0.2) is 4.79 Å². The quantitative estimate of drug-likeness (QED) is 0.598. The molecule has 1 fully saturated rings. The van der Waals surface area contributed by atoms with Crippen LogP contribution in [0.4, 0.5) is 0 Å². The Bertz CT molecular complexity index is 407. The summed E-state index contributed by atoms with van der Waals surface area (Å²) in [4.78, 5) is 21.6. The zero-order valence-corrected chi connectivity index (χ0v) is 7.97. The van der Waals surface area contributed by atoms with E-state index >= 15 is 0 Å². The highest BCUT2D eigenvalue weighted by molar-refractivity contribution is 6.39. The molecular weight excluding hydrogens is 196 g/mol. The Morgan fingerprint density at radius 1 is 1.33 bits per heavy atom. The Labute approximate surface area is 86.5 Å². The molecule has 2 rings (SSSR count). The SMILES string of the molecule is O=C(O)C(=O)c1cccc(OC2CC2)c1. The monoisotopic (exact) mass is 206 g/mol. The van der Waals surface area contributed by atoms with Crippen LogP contribution in [0.1, 0.15) is 23.2 Å². The number of benzene rings is 1. The average molecular weight is 206 g/mol. The largest absolute Gasteiger partial charge is 0.490 e. The molecule has 4 nitrogen and oxygen atoms in total. The molecule has 0 radical (unpaired) electrons. The molecule has 78 valence electrons. The van der Waals surface area contributed by atoms with Crippen LogP contribution in [-0.4, -0.2) is 23.0 Å². The number of ketones is 1. The lowest BCUT2D eigenvalue weighted by atomic mass is 10.1. The van der Waals surface area contributed by atoms with Gasteiger partial charge in [0.25, 0.3) is 5.78 Å². The van der Waals surface area contributed by atoms with Crippen LogP contribution in [0.3, 0.4) is 0 Å². The van der Waals surface area contributed by atoms with E-state index in [1.54, 1.807) is 12.1 Å². The zero-order chi connectivity index (χ0) is 10.8. The Balaban J connectivity index is 2.17. The molecule has 0 bridgehead atoms. The fraction of sp³-hybridized carbons (Fsp3) is 0.273. The zero-order valence-electron chi connectivity index (χ0n) is 7.97. The fourth-order valence-corrected chi connectivity index (χ4v) is 1.21. The summed E-state index contributed by atoms with van der Waals surface area (Å²) in [5.74, 6) is -1.79. The van der Waals surface area contributed by atoms with Gasteiger partial charge in [-0.15, -0.1) is 0 Å². The van der Waals surface area contributed by atoms with Gasteiger partial charge in [0.05, 0.1) is 6.10 Å². The van der Waals surface area contributed by atoms with Crippen molar-refractivity contribution in [3.63, 3.8) is 0 Å². The third-order valence-electron chi connectivity index (χ3n) is 2.12. The first-order valence-electron chi connectivity index (χ1n) is 4.71. The number of carboxylic acids is 1. The second kappa shape index (κ2) is 3.73. The fourth-order valence-electron chi connectivity index (χ4n) is 1.21. The lowest BCUT2D eigenvalue weighted by Gasteiger charge is -2.04. The summed E-state index contributed by atoms with van der Waals surface area (Å²) in [6, 6.07) is 6.27. The molecule has 1 aliphatic rings. The second-order valence-electron chi connectivity index (χ2n) is 3.48. The van der Waals surface area contributed by atoms with Crippen LogP contribution in [0.5, 0.6) is 5.75 Å². The van der Waals surface area contributed by atoms with Gasteiger partial charge < -0.3 is 9.84 Å². The number of carbonyl (C=O) groups excluding carboxylic acids is 1. The van der Waals surface area contributed by atoms with E-state index in [0.717, 1.165) is 12.8 Å². The van der Waals surface area contributed by atoms with Crippen molar-refractivity contribution in [1.29, 1.82) is 0 Å². The molecule has 0 saturated heterocycles. The number of hydrogen-bond donors (Lipinski definition) is 1. The molecule has 0 atom stereocenters. The van der Waals surface area contributed by atoms with Crippen molar-refractivity contribution >= 4 is 11.8 Å². The van der Waals surface area contributed by atoms with Crippen molar-refractivity contribution in [2.75, 3.05) is 0 Å². The number of carboxylic acid groups (broad SMARTS) is 1. The van der Waals surface area contributed by atoms with Crippen molar-refractivity contribution < 1.29 is 19.4 Å². The molecule has 15 heavy (non-hydrogen) atoms. The van der Waals surface area contributed by atoms with Crippen molar-refractivity contribution in [2.24, 2.45) is 0 Å². The second-order valence-corrected chi connectivity index (χ2v) is 3.48. The lowest BCUT2D eigenvalue weighted by Crippen LogP contribution is -2.12. The molecule has 0 heterocycles. The third-order valence-corrected chi connectivity index (χ3v) is 2.12. The molecule has 1 aromatic rings. The predicted molar refractivity (Wildman–Crippen MR) is 52.1 cm³/mol. The van der Waals surface area contributed by atoms with E-state index in [1.807, 2.05) is 0 Å². The molecule has 0 unspecified atom stereocenters. The Hall–Kier alpha value is -1.84. The van der Waals surface area contributed by atoms with Crippen LogP contribution < -0.4 is 4.74 Å². The van der Waals surface area contributed by atoms with Gasteiger partial charge in [-0.05, 0) is 25.0 Å². The van der Waals surface area contributed by atoms with Gasteiger partial charge in [-0.1, -0.05) is 12.1 Å². The summed E-state index contributed by atoms with van der Waals surface area (Å²) >= 11 is 0. The van der Waals surface area contributed by atoms with Crippen LogP contribution >= 0.6 is 0 Å². The maximum Gasteiger partial charge on any atom is 0.377 e. The average Bonchev–Trinajstić information content (AvgIpc) is 3.01. The van der Waals surface area contributed by atoms with Gasteiger partial charge in [0, 0.05) is 5.56 Å². The molecule has 0 aromatic heterocycles. The highest BCUT2D eigenvalue weighted by Gasteiger charge is 2.24. The molecule has 1 N–H and O–H groups in total. The van der Waals surface area contributed by atoms with Crippen molar-refractivity contribution in [2.45, 2.75) is 18.9 Å². The van der Waals surface area contributed by atoms with Crippen LogP contribution in [0.2, 0.25) is 0 Å². The van der Waals surface area contributed by atoms with Gasteiger partial charge in [0.15, 0.2) is 0 Å². The van der Waals surface area contributed by atoms with Crippen LogP contribution in [0.25, 0.3) is 0 Å². The van der Waals surface area contributed by atoms with E-state index in [2.05, 4.69) is 0 Å². The summed E-state index contributed by atoms with van der Waals surface area (Å²) in [6.45, 7) is 0. The summed E-state index contributed by atoms with van der Waals surface area (Å²) in [6.07, 6.45) is 2.29. The topological polar surface area (TPSA) is 63.6 Å². The Morgan fingerprint density at radius 3 is 2.67 bits per heavy atom. The Kier molecular flexibility index (Phi) is 2.41. The van der Waals surface area contributed by atoms with E-state index in [9.17, 15) is 9.59 Å². The maximum atomic E-state index is 11.1. The van der Waals surface area contributed by atoms with Crippen LogP contribution in [-0.2, 0) is 4.79 Å². The molecular formula is C11H10O4. The third kappa shape index (κ3) is 2.34. The highest BCUT2D eigenvalue weighted by atomic mass is 16.5. The van der Waals surface area contributed by atoms with Gasteiger partial charge in [0.2, 0.25) is 0 Å². The molecule has 1 aromatic carbocycles. The van der Waals surface area contributed by atoms with E-state index in [-0.39, 0.29) is 11.7 Å². The van der Waals surface area contributed by atoms with Crippen molar-refractivity contribution in [3.05, 3.63) is 29.8 Å². The number of rotatable bonds is 4. The number of hydrogen-bond acceptors (Lipinski definition) is 3. The maximum absolute atomic E-state index is 11.1. The van der Waals surface area contributed by atoms with Gasteiger partial charge >= 0.3 is 5.97 Å². The van der Waals surface area contributed by atoms with E-state index < -0.39 is 11.8 Å². The highest BCUT2D eigenvalue weighted by Crippen LogP contribution is 2.27. The smallest absolute Gasteiger partial charge is 0.377 e.